The van der Waals surface area contributed by atoms with E-state index in [0.717, 1.165) is 11.4 Å². The molecule has 2 unspecified atom stereocenters. The maximum absolute atomic E-state index is 11.2. The molecule has 18 heavy (non-hydrogen) atoms. The molecule has 0 saturated carbocycles. The maximum atomic E-state index is 11.2. The molecule has 0 amide bonds. The van der Waals surface area contributed by atoms with E-state index in [1.807, 2.05) is 17.7 Å². The number of nitrogens with one attached hydrogen (secondary N) is 1. The second kappa shape index (κ2) is 3.99. The summed E-state index contributed by atoms with van der Waals surface area (Å²) in [5.41, 5.74) is 1.77. The van der Waals surface area contributed by atoms with Crippen molar-refractivity contribution < 1.29 is 14.3 Å². The van der Waals surface area contributed by atoms with Crippen LogP contribution in [0, 0.1) is 0 Å². The molecule has 6 heteroatoms. The third-order valence-electron chi connectivity index (χ3n) is 3.23. The lowest BCUT2D eigenvalue weighted by Gasteiger charge is -2.27. The summed E-state index contributed by atoms with van der Waals surface area (Å²) in [6.07, 6.45) is 3.67. The van der Waals surface area contributed by atoms with E-state index in [1.165, 1.54) is 0 Å². The van der Waals surface area contributed by atoms with Crippen molar-refractivity contribution in [1.29, 1.82) is 0 Å². The topological polar surface area (TPSA) is 80.3 Å². The highest BCUT2D eigenvalue weighted by atomic mass is 16.4. The SMILES string of the molecule is Cn1cnc2c1C(c1ccco1)NC(C(=O)O)C2. The molecule has 94 valence electrons. The minimum atomic E-state index is -0.872. The number of hydrogen-bond donors (Lipinski definition) is 2. The van der Waals surface area contributed by atoms with Crippen molar-refractivity contribution in [2.24, 2.45) is 7.05 Å². The monoisotopic (exact) mass is 247 g/mol. The number of fused-ring (bicyclic) bond motifs is 1. The molecule has 0 radical (unpaired) electrons. The van der Waals surface area contributed by atoms with Crippen molar-refractivity contribution >= 4 is 5.97 Å². The Bertz CT molecular complexity index is 573. The largest absolute Gasteiger partial charge is 0.480 e. The molecule has 0 aliphatic carbocycles. The average molecular weight is 247 g/mol. The molecule has 1 aliphatic heterocycles. The van der Waals surface area contributed by atoms with Gasteiger partial charge in [-0.05, 0) is 12.1 Å². The lowest BCUT2D eigenvalue weighted by atomic mass is 9.97. The maximum Gasteiger partial charge on any atom is 0.321 e. The summed E-state index contributed by atoms with van der Waals surface area (Å²) in [6, 6.07) is 2.72. The quantitative estimate of drug-likeness (QED) is 0.816. The van der Waals surface area contributed by atoms with Crippen LogP contribution >= 0.6 is 0 Å². The number of imidazole rings is 1. The van der Waals surface area contributed by atoms with Gasteiger partial charge in [0.1, 0.15) is 17.8 Å². The van der Waals surface area contributed by atoms with Gasteiger partial charge in [-0.3, -0.25) is 10.1 Å². The molecule has 0 spiro atoms. The van der Waals surface area contributed by atoms with E-state index in [2.05, 4.69) is 10.3 Å². The third kappa shape index (κ3) is 1.62. The van der Waals surface area contributed by atoms with Crippen molar-refractivity contribution in [2.75, 3.05) is 0 Å². The number of carbonyl (C=O) groups is 1. The summed E-state index contributed by atoms with van der Waals surface area (Å²) in [6.45, 7) is 0. The molecule has 0 bridgehead atoms. The number of aromatic nitrogens is 2. The predicted molar refractivity (Wildman–Crippen MR) is 62.0 cm³/mol. The zero-order chi connectivity index (χ0) is 12.7. The van der Waals surface area contributed by atoms with Crippen molar-refractivity contribution in [1.82, 2.24) is 14.9 Å². The Kier molecular flexibility index (Phi) is 2.45. The summed E-state index contributed by atoms with van der Waals surface area (Å²) >= 11 is 0. The molecule has 2 aromatic heterocycles. The number of carboxylic acid groups (broad SMARTS) is 1. The number of rotatable bonds is 2. The Labute approximate surface area is 103 Å². The van der Waals surface area contributed by atoms with E-state index in [-0.39, 0.29) is 6.04 Å². The number of furan rings is 1. The molecule has 2 N–H and O–H groups in total. The highest BCUT2D eigenvalue weighted by Crippen LogP contribution is 2.29. The highest BCUT2D eigenvalue weighted by Gasteiger charge is 2.35. The first kappa shape index (κ1) is 11.0. The zero-order valence-corrected chi connectivity index (χ0v) is 9.83. The van der Waals surface area contributed by atoms with Gasteiger partial charge in [0.2, 0.25) is 0 Å². The molecule has 6 nitrogen and oxygen atoms in total. The second-order valence-electron chi connectivity index (χ2n) is 4.40. The zero-order valence-electron chi connectivity index (χ0n) is 9.83. The number of hydrogen-bond acceptors (Lipinski definition) is 4. The summed E-state index contributed by atoms with van der Waals surface area (Å²) in [5, 5.41) is 12.2. The fourth-order valence-corrected chi connectivity index (χ4v) is 2.38. The van der Waals surface area contributed by atoms with Crippen LogP contribution in [0.3, 0.4) is 0 Å². The van der Waals surface area contributed by atoms with Gasteiger partial charge in [0.05, 0.1) is 24.0 Å². The molecule has 0 saturated heterocycles. The Morgan fingerprint density at radius 3 is 3.17 bits per heavy atom. The Hall–Kier alpha value is -2.08. The van der Waals surface area contributed by atoms with Gasteiger partial charge in [-0.2, -0.15) is 0 Å². The first-order valence-corrected chi connectivity index (χ1v) is 5.69. The van der Waals surface area contributed by atoms with E-state index >= 15 is 0 Å². The fraction of sp³-hybridized carbons (Fsp3) is 0.333. The van der Waals surface area contributed by atoms with Crippen molar-refractivity contribution in [2.45, 2.75) is 18.5 Å². The van der Waals surface area contributed by atoms with Crippen LogP contribution < -0.4 is 5.32 Å². The predicted octanol–water partition coefficient (Wildman–Crippen LogP) is 0.701. The number of aryl methyl sites for hydroxylation is 1. The summed E-state index contributed by atoms with van der Waals surface area (Å²) < 4.78 is 7.28. The number of aliphatic carboxylic acids is 1. The van der Waals surface area contributed by atoms with E-state index in [0.29, 0.717) is 12.2 Å². The van der Waals surface area contributed by atoms with Gasteiger partial charge in [0.15, 0.2) is 0 Å². The van der Waals surface area contributed by atoms with Crippen molar-refractivity contribution in [3.8, 4) is 0 Å². The Morgan fingerprint density at radius 2 is 2.50 bits per heavy atom. The van der Waals surface area contributed by atoms with Crippen LogP contribution in [0.5, 0.6) is 0 Å². The molecular formula is C12H13N3O3. The van der Waals surface area contributed by atoms with Crippen LogP contribution in [0.4, 0.5) is 0 Å². The van der Waals surface area contributed by atoms with E-state index in [1.54, 1.807) is 18.7 Å². The lowest BCUT2D eigenvalue weighted by molar-refractivity contribution is -0.139. The molecule has 3 heterocycles. The van der Waals surface area contributed by atoms with Gasteiger partial charge in [-0.1, -0.05) is 0 Å². The minimum Gasteiger partial charge on any atom is -0.480 e. The summed E-state index contributed by atoms with van der Waals surface area (Å²) in [7, 11) is 1.89. The summed E-state index contributed by atoms with van der Waals surface area (Å²) in [4.78, 5) is 15.4. The van der Waals surface area contributed by atoms with E-state index < -0.39 is 12.0 Å². The van der Waals surface area contributed by atoms with Crippen molar-refractivity contribution in [3.63, 3.8) is 0 Å². The van der Waals surface area contributed by atoms with E-state index in [4.69, 9.17) is 9.52 Å². The Morgan fingerprint density at radius 1 is 1.67 bits per heavy atom. The Balaban J connectivity index is 2.07. The first-order chi connectivity index (χ1) is 8.66. The fourth-order valence-electron chi connectivity index (χ4n) is 2.38. The lowest BCUT2D eigenvalue weighted by Crippen LogP contribution is -2.45. The van der Waals surface area contributed by atoms with Crippen molar-refractivity contribution in [3.05, 3.63) is 41.9 Å². The molecule has 0 aromatic carbocycles. The van der Waals surface area contributed by atoms with Crippen LogP contribution in [0.25, 0.3) is 0 Å². The molecule has 2 atom stereocenters. The van der Waals surface area contributed by atoms with Crippen LogP contribution in [-0.4, -0.2) is 26.7 Å². The van der Waals surface area contributed by atoms with E-state index in [9.17, 15) is 4.79 Å². The highest BCUT2D eigenvalue weighted by molar-refractivity contribution is 5.74. The minimum absolute atomic E-state index is 0.266. The average Bonchev–Trinajstić information content (AvgIpc) is 2.98. The smallest absolute Gasteiger partial charge is 0.321 e. The third-order valence-corrected chi connectivity index (χ3v) is 3.23. The van der Waals surface area contributed by atoms with Crippen LogP contribution in [0.1, 0.15) is 23.2 Å². The molecular weight excluding hydrogens is 234 g/mol. The molecule has 0 fully saturated rings. The van der Waals surface area contributed by atoms with Gasteiger partial charge in [-0.25, -0.2) is 4.98 Å². The standard InChI is InChI=1S/C12H13N3O3/c1-15-6-13-7-5-8(12(16)17)14-10(11(7)15)9-3-2-4-18-9/h2-4,6,8,10,14H,5H2,1H3,(H,16,17). The summed E-state index contributed by atoms with van der Waals surface area (Å²) in [5.74, 6) is -0.173. The van der Waals surface area contributed by atoms with Gasteiger partial charge in [-0.15, -0.1) is 0 Å². The van der Waals surface area contributed by atoms with Crippen LogP contribution in [0.2, 0.25) is 0 Å². The normalized spacial score (nSPS) is 22.7. The number of nitrogens with zero attached hydrogens (tertiary/aromatic N) is 2. The van der Waals surface area contributed by atoms with Gasteiger partial charge in [0, 0.05) is 13.5 Å². The van der Waals surface area contributed by atoms with Crippen LogP contribution in [0.15, 0.2) is 29.1 Å². The molecule has 1 aliphatic rings. The molecule has 2 aromatic rings. The first-order valence-electron chi connectivity index (χ1n) is 5.69. The van der Waals surface area contributed by atoms with Crippen LogP contribution in [-0.2, 0) is 18.3 Å². The number of carboxylic acids is 1. The van der Waals surface area contributed by atoms with Gasteiger partial charge >= 0.3 is 5.97 Å². The second-order valence-corrected chi connectivity index (χ2v) is 4.40. The van der Waals surface area contributed by atoms with Gasteiger partial charge < -0.3 is 14.1 Å². The van der Waals surface area contributed by atoms with Gasteiger partial charge in [0.25, 0.3) is 0 Å². The molecule has 3 rings (SSSR count).